The maximum absolute atomic E-state index is 12.2. The van der Waals surface area contributed by atoms with E-state index in [2.05, 4.69) is 5.32 Å². The van der Waals surface area contributed by atoms with Crippen LogP contribution in [0.15, 0.2) is 12.2 Å². The van der Waals surface area contributed by atoms with E-state index in [-0.39, 0.29) is 24.1 Å². The minimum absolute atomic E-state index is 0.0145. The van der Waals surface area contributed by atoms with Crippen molar-refractivity contribution >= 4 is 11.8 Å². The molecule has 1 N–H and O–H groups in total. The van der Waals surface area contributed by atoms with Crippen molar-refractivity contribution in [2.24, 2.45) is 11.8 Å². The molecule has 0 bridgehead atoms. The molecule has 3 saturated heterocycles. The molecule has 0 aromatic carbocycles. The summed E-state index contributed by atoms with van der Waals surface area (Å²) in [4.78, 5) is 25.6. The number of hydrogen-bond acceptors (Lipinski definition) is 6. The van der Waals surface area contributed by atoms with Crippen LogP contribution in [0.1, 0.15) is 52.4 Å². The number of rotatable bonds is 2. The van der Waals surface area contributed by atoms with Gasteiger partial charge in [0.25, 0.3) is 11.8 Å². The van der Waals surface area contributed by atoms with Crippen LogP contribution in [0.25, 0.3) is 0 Å². The van der Waals surface area contributed by atoms with E-state index in [0.29, 0.717) is 17.9 Å². The Morgan fingerprint density at radius 2 is 1.74 bits per heavy atom. The standard InChI is InChI=1S/C20H28N2O5/c1-20(2)26-17(19(27-20)22-15(23)9-10-16(22)24)13-8-7-12-11-5-3-4-6-14(11)25-18(12)21-13/h9-14,17-19,21H,3-8H2,1-2H3/t11?,12?,13?,14?,17-,18?,19+/m1/s1. The van der Waals surface area contributed by atoms with Gasteiger partial charge in [0, 0.05) is 24.1 Å². The average molecular weight is 376 g/mol. The Morgan fingerprint density at radius 1 is 1.00 bits per heavy atom. The molecule has 5 rings (SSSR count). The number of hydrogen-bond donors (Lipinski definition) is 1. The third kappa shape index (κ3) is 2.95. The molecule has 7 heteroatoms. The highest BCUT2D eigenvalue weighted by atomic mass is 16.8. The minimum atomic E-state index is -0.846. The number of nitrogens with zero attached hydrogens (tertiary/aromatic N) is 1. The van der Waals surface area contributed by atoms with Crippen molar-refractivity contribution < 1.29 is 23.8 Å². The Balaban J connectivity index is 1.34. The summed E-state index contributed by atoms with van der Waals surface area (Å²) in [6.45, 7) is 3.65. The topological polar surface area (TPSA) is 77.1 Å². The van der Waals surface area contributed by atoms with Gasteiger partial charge in [-0.1, -0.05) is 12.8 Å². The van der Waals surface area contributed by atoms with Crippen LogP contribution in [0, 0.1) is 11.8 Å². The van der Waals surface area contributed by atoms with Gasteiger partial charge in [0.2, 0.25) is 0 Å². The number of ether oxygens (including phenoxy) is 3. The summed E-state index contributed by atoms with van der Waals surface area (Å²) in [6, 6.07) is -0.0145. The third-order valence-corrected chi connectivity index (χ3v) is 6.80. The predicted molar refractivity (Wildman–Crippen MR) is 95.1 cm³/mol. The van der Waals surface area contributed by atoms with Crippen molar-refractivity contribution in [2.45, 2.75) is 88.9 Å². The van der Waals surface area contributed by atoms with Gasteiger partial charge in [0.15, 0.2) is 12.0 Å². The van der Waals surface area contributed by atoms with Crippen molar-refractivity contribution in [1.29, 1.82) is 0 Å². The van der Waals surface area contributed by atoms with Gasteiger partial charge >= 0.3 is 0 Å². The normalized spacial score (nSPS) is 46.0. The fraction of sp³-hybridized carbons (Fsp3) is 0.800. The maximum atomic E-state index is 12.2. The second kappa shape index (κ2) is 6.37. The van der Waals surface area contributed by atoms with Gasteiger partial charge < -0.3 is 14.2 Å². The lowest BCUT2D eigenvalue weighted by Crippen LogP contribution is -2.58. The summed E-state index contributed by atoms with van der Waals surface area (Å²) in [6.07, 6.45) is 8.87. The smallest absolute Gasteiger partial charge is 0.255 e. The zero-order chi connectivity index (χ0) is 18.8. The zero-order valence-electron chi connectivity index (χ0n) is 15.9. The van der Waals surface area contributed by atoms with Crippen molar-refractivity contribution in [3.8, 4) is 0 Å². The van der Waals surface area contributed by atoms with Crippen molar-refractivity contribution in [1.82, 2.24) is 10.2 Å². The number of imide groups is 1. The first kappa shape index (κ1) is 17.8. The summed E-state index contributed by atoms with van der Waals surface area (Å²) in [5.74, 6) is -0.309. The molecule has 0 spiro atoms. The van der Waals surface area contributed by atoms with E-state index in [0.717, 1.165) is 19.3 Å². The second-order valence-electron chi connectivity index (χ2n) is 8.93. The Hall–Kier alpha value is -1.28. The molecule has 2 amide bonds. The van der Waals surface area contributed by atoms with Gasteiger partial charge in [0.05, 0.1) is 6.10 Å². The van der Waals surface area contributed by atoms with E-state index in [1.807, 2.05) is 13.8 Å². The quantitative estimate of drug-likeness (QED) is 0.739. The molecule has 4 aliphatic heterocycles. The Labute approximate surface area is 159 Å². The molecule has 0 aromatic rings. The largest absolute Gasteiger partial charge is 0.360 e. The van der Waals surface area contributed by atoms with E-state index < -0.39 is 18.1 Å². The van der Waals surface area contributed by atoms with Gasteiger partial charge in [-0.05, 0) is 45.4 Å². The molecular weight excluding hydrogens is 348 g/mol. The van der Waals surface area contributed by atoms with E-state index in [1.165, 1.54) is 36.3 Å². The summed E-state index contributed by atoms with van der Waals surface area (Å²) < 4.78 is 18.5. The maximum Gasteiger partial charge on any atom is 0.255 e. The number of nitrogens with one attached hydrogen (secondary N) is 1. The van der Waals surface area contributed by atoms with Crippen LogP contribution < -0.4 is 5.32 Å². The molecule has 27 heavy (non-hydrogen) atoms. The number of fused-ring (bicyclic) bond motifs is 3. The lowest BCUT2D eigenvalue weighted by atomic mass is 9.75. The molecule has 5 unspecified atom stereocenters. The average Bonchev–Trinajstić information content (AvgIpc) is 3.27. The predicted octanol–water partition coefficient (Wildman–Crippen LogP) is 1.67. The highest BCUT2D eigenvalue weighted by Crippen LogP contribution is 2.46. The van der Waals surface area contributed by atoms with Crippen molar-refractivity contribution in [2.75, 3.05) is 0 Å². The second-order valence-corrected chi connectivity index (χ2v) is 8.93. The van der Waals surface area contributed by atoms with E-state index in [4.69, 9.17) is 14.2 Å². The summed E-state index contributed by atoms with van der Waals surface area (Å²) in [5.41, 5.74) is 0. The monoisotopic (exact) mass is 376 g/mol. The molecule has 5 aliphatic rings. The van der Waals surface area contributed by atoms with Gasteiger partial charge in [0.1, 0.15) is 12.3 Å². The van der Waals surface area contributed by atoms with Crippen LogP contribution in [0.2, 0.25) is 0 Å². The number of amides is 2. The minimum Gasteiger partial charge on any atom is -0.360 e. The van der Waals surface area contributed by atoms with Crippen molar-refractivity contribution in [3.05, 3.63) is 12.2 Å². The molecule has 4 heterocycles. The molecule has 0 aromatic heterocycles. The Bertz CT molecular complexity index is 659. The molecule has 0 radical (unpaired) electrons. The first-order valence-corrected chi connectivity index (χ1v) is 10.3. The van der Waals surface area contributed by atoms with Gasteiger partial charge in [-0.25, -0.2) is 4.90 Å². The van der Waals surface area contributed by atoms with Crippen LogP contribution in [-0.4, -0.2) is 53.2 Å². The van der Waals surface area contributed by atoms with E-state index in [9.17, 15) is 9.59 Å². The molecule has 148 valence electrons. The van der Waals surface area contributed by atoms with Crippen LogP contribution in [0.5, 0.6) is 0 Å². The van der Waals surface area contributed by atoms with Crippen LogP contribution in [0.3, 0.4) is 0 Å². The highest BCUT2D eigenvalue weighted by Gasteiger charge is 2.54. The lowest BCUT2D eigenvalue weighted by molar-refractivity contribution is -0.171. The van der Waals surface area contributed by atoms with Crippen LogP contribution >= 0.6 is 0 Å². The number of piperidine rings is 1. The highest BCUT2D eigenvalue weighted by molar-refractivity contribution is 6.13. The Morgan fingerprint density at radius 3 is 2.52 bits per heavy atom. The number of carbonyl (C=O) groups is 2. The molecule has 1 saturated carbocycles. The summed E-state index contributed by atoms with van der Waals surface area (Å²) >= 11 is 0. The van der Waals surface area contributed by atoms with E-state index in [1.54, 1.807) is 0 Å². The number of carbonyl (C=O) groups excluding carboxylic acids is 2. The molecule has 7 nitrogen and oxygen atoms in total. The van der Waals surface area contributed by atoms with Crippen LogP contribution in [0.4, 0.5) is 0 Å². The third-order valence-electron chi connectivity index (χ3n) is 6.80. The van der Waals surface area contributed by atoms with Gasteiger partial charge in [-0.15, -0.1) is 0 Å². The molecule has 7 atom stereocenters. The zero-order valence-corrected chi connectivity index (χ0v) is 15.9. The first-order chi connectivity index (χ1) is 12.9. The fourth-order valence-electron chi connectivity index (χ4n) is 5.67. The van der Waals surface area contributed by atoms with E-state index >= 15 is 0 Å². The molecule has 4 fully saturated rings. The molecule has 1 aliphatic carbocycles. The van der Waals surface area contributed by atoms with Gasteiger partial charge in [-0.3, -0.25) is 14.9 Å². The summed E-state index contributed by atoms with van der Waals surface area (Å²) in [7, 11) is 0. The SMILES string of the molecule is CC1(C)O[C@H](C2CCC3C(N2)OC2CCCCC23)[C@@H](N2C(=O)C=CC2=O)O1. The Kier molecular flexibility index (Phi) is 4.20. The summed E-state index contributed by atoms with van der Waals surface area (Å²) in [5, 5.41) is 3.64. The van der Waals surface area contributed by atoms with Crippen molar-refractivity contribution in [3.63, 3.8) is 0 Å². The lowest BCUT2D eigenvalue weighted by Gasteiger charge is -2.38. The van der Waals surface area contributed by atoms with Gasteiger partial charge in [-0.2, -0.15) is 0 Å². The first-order valence-electron chi connectivity index (χ1n) is 10.3. The van der Waals surface area contributed by atoms with Crippen LogP contribution in [-0.2, 0) is 23.8 Å². The molecular formula is C20H28N2O5. The fourth-order valence-corrected chi connectivity index (χ4v) is 5.67.